The molecule has 0 saturated heterocycles. The molecule has 3 heterocycles. The molecule has 0 aliphatic rings. The van der Waals surface area contributed by atoms with E-state index in [4.69, 9.17) is 15.2 Å². The second-order valence-electron chi connectivity index (χ2n) is 7.43. The number of hydrogen-bond donors (Lipinski definition) is 0. The Hall–Kier alpha value is -2.43. The van der Waals surface area contributed by atoms with Crippen LogP contribution in [-0.4, -0.2) is 24.5 Å². The molecule has 150 valence electrons. The summed E-state index contributed by atoms with van der Waals surface area (Å²) in [5.74, 6) is 1.75. The second kappa shape index (κ2) is 9.67. The summed E-state index contributed by atoms with van der Waals surface area (Å²) in [6, 6.07) is 10.6. The minimum Gasteiger partial charge on any atom is -0.219 e. The van der Waals surface area contributed by atoms with E-state index in [2.05, 4.69) is 45.9 Å². The lowest BCUT2D eigenvalue weighted by atomic mass is 10.2. The number of aromatic nitrogens is 5. The fourth-order valence-electron chi connectivity index (χ4n) is 3.62. The molecule has 5 nitrogen and oxygen atoms in total. The van der Waals surface area contributed by atoms with Crippen molar-refractivity contribution in [3.05, 3.63) is 53.1 Å². The highest BCUT2D eigenvalue weighted by molar-refractivity contribution is 5.35. The number of rotatable bonds is 10. The van der Waals surface area contributed by atoms with E-state index in [1.54, 1.807) is 0 Å². The zero-order valence-corrected chi connectivity index (χ0v) is 17.8. The van der Waals surface area contributed by atoms with Crippen molar-refractivity contribution in [2.24, 2.45) is 0 Å². The highest BCUT2D eigenvalue weighted by Crippen LogP contribution is 2.18. The van der Waals surface area contributed by atoms with Crippen LogP contribution in [0.15, 0.2) is 30.3 Å². The van der Waals surface area contributed by atoms with Gasteiger partial charge in [-0.15, -0.1) is 0 Å². The van der Waals surface area contributed by atoms with Gasteiger partial charge in [0.05, 0.1) is 11.4 Å². The molecular formula is C23H33N5. The van der Waals surface area contributed by atoms with Crippen molar-refractivity contribution in [2.45, 2.75) is 79.1 Å². The van der Waals surface area contributed by atoms with Gasteiger partial charge >= 0.3 is 0 Å². The van der Waals surface area contributed by atoms with E-state index in [1.165, 1.54) is 11.4 Å². The molecule has 0 radical (unpaired) electrons. The van der Waals surface area contributed by atoms with Crippen molar-refractivity contribution in [1.29, 1.82) is 0 Å². The molecule has 0 bridgehead atoms. The molecule has 0 atom stereocenters. The van der Waals surface area contributed by atoms with Gasteiger partial charge in [-0.3, -0.25) is 0 Å². The fourth-order valence-corrected chi connectivity index (χ4v) is 3.62. The summed E-state index contributed by atoms with van der Waals surface area (Å²) in [6.45, 7) is 8.80. The molecule has 0 fully saturated rings. The maximum Gasteiger partial charge on any atom is 0.156 e. The highest BCUT2D eigenvalue weighted by atomic mass is 15.4. The lowest BCUT2D eigenvalue weighted by Crippen LogP contribution is -2.09. The highest BCUT2D eigenvalue weighted by Gasteiger charge is 2.13. The van der Waals surface area contributed by atoms with Crippen LogP contribution >= 0.6 is 0 Å². The van der Waals surface area contributed by atoms with Gasteiger partial charge in [-0.1, -0.05) is 59.4 Å². The molecule has 0 aliphatic heterocycles. The molecular weight excluding hydrogens is 346 g/mol. The molecule has 3 aromatic rings. The number of hydrogen-bond acceptors (Lipinski definition) is 3. The van der Waals surface area contributed by atoms with Crippen LogP contribution in [0.2, 0.25) is 0 Å². The second-order valence-corrected chi connectivity index (χ2v) is 7.43. The smallest absolute Gasteiger partial charge is 0.156 e. The Morgan fingerprint density at radius 2 is 1.07 bits per heavy atom. The molecule has 5 heteroatoms. The third kappa shape index (κ3) is 4.51. The normalized spacial score (nSPS) is 11.3. The first-order valence-electron chi connectivity index (χ1n) is 10.8. The van der Waals surface area contributed by atoms with Gasteiger partial charge < -0.3 is 0 Å². The van der Waals surface area contributed by atoms with E-state index < -0.39 is 0 Å². The average Bonchev–Trinajstić information content (AvgIpc) is 3.27. The molecule has 0 amide bonds. The summed E-state index contributed by atoms with van der Waals surface area (Å²) in [5.41, 5.74) is 4.76. The molecule has 0 aromatic carbocycles. The third-order valence-electron chi connectivity index (χ3n) is 4.85. The van der Waals surface area contributed by atoms with Crippen LogP contribution in [0.3, 0.4) is 0 Å². The van der Waals surface area contributed by atoms with Crippen molar-refractivity contribution < 1.29 is 0 Å². The molecule has 0 N–H and O–H groups in total. The first kappa shape index (κ1) is 20.3. The first-order chi connectivity index (χ1) is 13.7. The van der Waals surface area contributed by atoms with E-state index in [0.29, 0.717) is 0 Å². The summed E-state index contributed by atoms with van der Waals surface area (Å²) >= 11 is 0. The average molecular weight is 380 g/mol. The van der Waals surface area contributed by atoms with Crippen molar-refractivity contribution >= 4 is 0 Å². The first-order valence-corrected chi connectivity index (χ1v) is 10.8. The van der Waals surface area contributed by atoms with Gasteiger partial charge in [0.25, 0.3) is 0 Å². The quantitative estimate of drug-likeness (QED) is 0.482. The van der Waals surface area contributed by atoms with Gasteiger partial charge in [-0.05, 0) is 49.9 Å². The molecule has 0 spiro atoms. The molecule has 0 aliphatic carbocycles. The van der Waals surface area contributed by atoms with Gasteiger partial charge in [0.2, 0.25) is 0 Å². The van der Waals surface area contributed by atoms with Crippen LogP contribution in [0, 0.1) is 0 Å². The Balaban J connectivity index is 2.01. The topological polar surface area (TPSA) is 48.5 Å². The number of pyridine rings is 1. The van der Waals surface area contributed by atoms with Gasteiger partial charge in [0.15, 0.2) is 11.6 Å². The Kier molecular flexibility index (Phi) is 7.01. The van der Waals surface area contributed by atoms with Crippen molar-refractivity contribution in [3.63, 3.8) is 0 Å². The lowest BCUT2D eigenvalue weighted by molar-refractivity contribution is 0.714. The monoisotopic (exact) mass is 379 g/mol. The van der Waals surface area contributed by atoms with Gasteiger partial charge in [0, 0.05) is 11.4 Å². The van der Waals surface area contributed by atoms with Crippen LogP contribution < -0.4 is 0 Å². The maximum absolute atomic E-state index is 4.95. The van der Waals surface area contributed by atoms with E-state index >= 15 is 0 Å². The van der Waals surface area contributed by atoms with E-state index in [1.807, 2.05) is 21.5 Å². The summed E-state index contributed by atoms with van der Waals surface area (Å²) in [4.78, 5) is 4.95. The molecule has 0 unspecified atom stereocenters. The SMILES string of the molecule is CCCc1cc(CCC)n(-c2cccc(-n3nc(CCC)cc3CCC)n2)n1. The van der Waals surface area contributed by atoms with Crippen LogP contribution in [-0.2, 0) is 25.7 Å². The molecule has 28 heavy (non-hydrogen) atoms. The summed E-state index contributed by atoms with van der Waals surface area (Å²) in [7, 11) is 0. The summed E-state index contributed by atoms with van der Waals surface area (Å²) < 4.78 is 4.04. The number of nitrogens with zero attached hydrogens (tertiary/aromatic N) is 5. The standard InChI is InChI=1S/C23H33N5/c1-5-10-18-16-20(12-7-3)27(25-18)22-14-9-15-23(24-22)28-21(13-8-4)17-19(26-28)11-6-2/h9,14-17H,5-8,10-13H2,1-4H3. The lowest BCUT2D eigenvalue weighted by Gasteiger charge is -2.10. The van der Waals surface area contributed by atoms with Crippen LogP contribution in [0.5, 0.6) is 0 Å². The largest absolute Gasteiger partial charge is 0.219 e. The molecule has 0 saturated carbocycles. The Morgan fingerprint density at radius 3 is 1.46 bits per heavy atom. The Bertz CT molecular complexity index is 821. The van der Waals surface area contributed by atoms with E-state index in [9.17, 15) is 0 Å². The zero-order chi connectivity index (χ0) is 19.9. The van der Waals surface area contributed by atoms with Crippen molar-refractivity contribution in [3.8, 4) is 11.6 Å². The minimum absolute atomic E-state index is 0.873. The number of aryl methyl sites for hydroxylation is 4. The Labute approximate surface area is 168 Å². The summed E-state index contributed by atoms with van der Waals surface area (Å²) in [6.07, 6.45) is 8.41. The predicted octanol–water partition coefficient (Wildman–Crippen LogP) is 5.26. The van der Waals surface area contributed by atoms with Gasteiger partial charge in [-0.25, -0.2) is 14.3 Å². The zero-order valence-electron chi connectivity index (χ0n) is 17.8. The van der Waals surface area contributed by atoms with E-state index in [0.717, 1.165) is 74.4 Å². The summed E-state index contributed by atoms with van der Waals surface area (Å²) in [5, 5.41) is 9.68. The fraction of sp³-hybridized carbons (Fsp3) is 0.522. The van der Waals surface area contributed by atoms with Gasteiger partial charge in [-0.2, -0.15) is 10.2 Å². The van der Waals surface area contributed by atoms with Gasteiger partial charge in [0.1, 0.15) is 0 Å². The van der Waals surface area contributed by atoms with Crippen LogP contribution in [0.4, 0.5) is 0 Å². The van der Waals surface area contributed by atoms with Crippen LogP contribution in [0.1, 0.15) is 76.2 Å². The molecule has 3 rings (SSSR count). The van der Waals surface area contributed by atoms with Crippen molar-refractivity contribution in [2.75, 3.05) is 0 Å². The van der Waals surface area contributed by atoms with E-state index in [-0.39, 0.29) is 0 Å². The predicted molar refractivity (Wildman–Crippen MR) is 114 cm³/mol. The van der Waals surface area contributed by atoms with Crippen molar-refractivity contribution in [1.82, 2.24) is 24.5 Å². The van der Waals surface area contributed by atoms with Crippen LogP contribution in [0.25, 0.3) is 11.6 Å². The minimum atomic E-state index is 0.873. The third-order valence-corrected chi connectivity index (χ3v) is 4.85. The molecule has 3 aromatic heterocycles. The Morgan fingerprint density at radius 1 is 0.643 bits per heavy atom. The maximum atomic E-state index is 4.95.